The number of ketones is 1. The number of Topliss-reactive ketones (excluding diaryl/α,β-unsaturated/α-hetero) is 1. The van der Waals surface area contributed by atoms with Crippen LogP contribution < -0.4 is 0 Å². The van der Waals surface area contributed by atoms with Crippen LogP contribution in [0.15, 0.2) is 36.4 Å². The first kappa shape index (κ1) is 14.6. The van der Waals surface area contributed by atoms with E-state index in [9.17, 15) is 18.0 Å². The molecule has 0 heterocycles. The summed E-state index contributed by atoms with van der Waals surface area (Å²) >= 11 is 5.61. The number of hydrogen-bond acceptors (Lipinski definition) is 1. The highest BCUT2D eigenvalue weighted by Gasteiger charge is 2.13. The van der Waals surface area contributed by atoms with Gasteiger partial charge in [0.05, 0.1) is 5.02 Å². The fourth-order valence-corrected chi connectivity index (χ4v) is 2.05. The number of halogens is 4. The SMILES string of the molecule is O=C(Cc1cc(F)ccc1F)Cc1cccc(Cl)c1F. The van der Waals surface area contributed by atoms with Crippen molar-refractivity contribution >= 4 is 17.4 Å². The Hall–Kier alpha value is -1.81. The largest absolute Gasteiger partial charge is 0.299 e. The van der Waals surface area contributed by atoms with Gasteiger partial charge in [-0.05, 0) is 35.4 Å². The summed E-state index contributed by atoms with van der Waals surface area (Å²) < 4.78 is 40.0. The van der Waals surface area contributed by atoms with Gasteiger partial charge in [-0.1, -0.05) is 23.7 Å². The second kappa shape index (κ2) is 6.09. The van der Waals surface area contributed by atoms with Gasteiger partial charge in [0.2, 0.25) is 0 Å². The first-order valence-corrected chi connectivity index (χ1v) is 6.23. The van der Waals surface area contributed by atoms with Crippen molar-refractivity contribution in [3.05, 3.63) is 70.0 Å². The zero-order valence-electron chi connectivity index (χ0n) is 10.3. The fourth-order valence-electron chi connectivity index (χ4n) is 1.85. The smallest absolute Gasteiger partial charge is 0.145 e. The van der Waals surface area contributed by atoms with E-state index in [-0.39, 0.29) is 29.0 Å². The third-order valence-electron chi connectivity index (χ3n) is 2.81. The summed E-state index contributed by atoms with van der Waals surface area (Å²) in [5.41, 5.74) is 0.0942. The molecule has 20 heavy (non-hydrogen) atoms. The van der Waals surface area contributed by atoms with Crippen molar-refractivity contribution in [1.29, 1.82) is 0 Å². The molecule has 2 rings (SSSR count). The van der Waals surface area contributed by atoms with E-state index in [4.69, 9.17) is 11.6 Å². The van der Waals surface area contributed by atoms with Crippen molar-refractivity contribution in [2.24, 2.45) is 0 Å². The molecule has 5 heteroatoms. The number of rotatable bonds is 4. The number of hydrogen-bond donors (Lipinski definition) is 0. The Labute approximate surface area is 119 Å². The average molecular weight is 299 g/mol. The molecule has 0 saturated heterocycles. The second-order valence-electron chi connectivity index (χ2n) is 4.34. The van der Waals surface area contributed by atoms with Crippen molar-refractivity contribution < 1.29 is 18.0 Å². The van der Waals surface area contributed by atoms with Crippen molar-refractivity contribution in [2.75, 3.05) is 0 Å². The van der Waals surface area contributed by atoms with Gasteiger partial charge in [0.25, 0.3) is 0 Å². The summed E-state index contributed by atoms with van der Waals surface area (Å²) in [4.78, 5) is 11.8. The van der Waals surface area contributed by atoms with Gasteiger partial charge in [-0.3, -0.25) is 4.79 Å². The molecule has 0 N–H and O–H groups in total. The van der Waals surface area contributed by atoms with Crippen LogP contribution in [0.3, 0.4) is 0 Å². The van der Waals surface area contributed by atoms with E-state index < -0.39 is 23.2 Å². The third kappa shape index (κ3) is 3.39. The van der Waals surface area contributed by atoms with Gasteiger partial charge >= 0.3 is 0 Å². The predicted octanol–water partition coefficient (Wildman–Crippen LogP) is 4.11. The zero-order chi connectivity index (χ0) is 14.7. The van der Waals surface area contributed by atoms with Crippen LogP contribution in [0, 0.1) is 17.5 Å². The maximum Gasteiger partial charge on any atom is 0.145 e. The summed E-state index contributed by atoms with van der Waals surface area (Å²) in [6.07, 6.45) is -0.516. The highest BCUT2D eigenvalue weighted by atomic mass is 35.5. The molecule has 0 aliphatic carbocycles. The lowest BCUT2D eigenvalue weighted by Gasteiger charge is -2.05. The van der Waals surface area contributed by atoms with E-state index in [1.54, 1.807) is 0 Å². The minimum atomic E-state index is -0.665. The summed E-state index contributed by atoms with van der Waals surface area (Å²) in [5, 5.41) is -0.0766. The lowest BCUT2D eigenvalue weighted by atomic mass is 10.0. The third-order valence-corrected chi connectivity index (χ3v) is 3.11. The summed E-state index contributed by atoms with van der Waals surface area (Å²) in [7, 11) is 0. The Balaban J connectivity index is 2.13. The van der Waals surface area contributed by atoms with Crippen LogP contribution >= 0.6 is 11.6 Å². The second-order valence-corrected chi connectivity index (χ2v) is 4.75. The molecule has 0 saturated carbocycles. The molecule has 0 spiro atoms. The van der Waals surface area contributed by atoms with Crippen LogP contribution in [0.2, 0.25) is 5.02 Å². The van der Waals surface area contributed by atoms with Gasteiger partial charge in [0.1, 0.15) is 23.2 Å². The van der Waals surface area contributed by atoms with Crippen LogP contribution in [-0.2, 0) is 17.6 Å². The molecule has 2 aromatic rings. The molecule has 0 fully saturated rings. The molecule has 0 radical (unpaired) electrons. The summed E-state index contributed by atoms with van der Waals surface area (Å²) in [6.45, 7) is 0. The van der Waals surface area contributed by atoms with E-state index in [2.05, 4.69) is 0 Å². The van der Waals surface area contributed by atoms with Gasteiger partial charge in [0, 0.05) is 12.8 Å². The maximum absolute atomic E-state index is 13.6. The Bertz CT molecular complexity index is 650. The Morgan fingerprint density at radius 1 is 1.00 bits per heavy atom. The quantitative estimate of drug-likeness (QED) is 0.830. The number of carbonyl (C=O) groups excluding carboxylic acids is 1. The monoisotopic (exact) mass is 298 g/mol. The molecule has 0 aliphatic rings. The maximum atomic E-state index is 13.6. The van der Waals surface area contributed by atoms with Gasteiger partial charge in [-0.25, -0.2) is 13.2 Å². The Kier molecular flexibility index (Phi) is 4.45. The van der Waals surface area contributed by atoms with Gasteiger partial charge in [0.15, 0.2) is 0 Å². The number of benzene rings is 2. The zero-order valence-corrected chi connectivity index (χ0v) is 11.1. The Morgan fingerprint density at radius 3 is 2.45 bits per heavy atom. The molecule has 2 aromatic carbocycles. The first-order chi connectivity index (χ1) is 9.47. The molecule has 104 valence electrons. The topological polar surface area (TPSA) is 17.1 Å². The molecular formula is C15H10ClF3O. The van der Waals surface area contributed by atoms with E-state index in [1.165, 1.54) is 18.2 Å². The lowest BCUT2D eigenvalue weighted by Crippen LogP contribution is -2.09. The van der Waals surface area contributed by atoms with Crippen LogP contribution in [0.5, 0.6) is 0 Å². The Morgan fingerprint density at radius 2 is 1.70 bits per heavy atom. The highest BCUT2D eigenvalue weighted by Crippen LogP contribution is 2.19. The van der Waals surface area contributed by atoms with Crippen LogP contribution in [0.4, 0.5) is 13.2 Å². The minimum absolute atomic E-state index is 0.0440. The van der Waals surface area contributed by atoms with Crippen molar-refractivity contribution in [3.63, 3.8) is 0 Å². The van der Waals surface area contributed by atoms with Gasteiger partial charge in [-0.2, -0.15) is 0 Å². The summed E-state index contributed by atoms with van der Waals surface area (Å²) in [6, 6.07) is 7.22. The normalized spacial score (nSPS) is 10.6. The molecular weight excluding hydrogens is 289 g/mol. The molecule has 0 atom stereocenters. The predicted molar refractivity (Wildman–Crippen MR) is 70.2 cm³/mol. The van der Waals surface area contributed by atoms with Gasteiger partial charge in [-0.15, -0.1) is 0 Å². The lowest BCUT2D eigenvalue weighted by molar-refractivity contribution is -0.117. The molecule has 0 aromatic heterocycles. The molecule has 1 nitrogen and oxygen atoms in total. The number of carbonyl (C=O) groups is 1. The molecule has 0 aliphatic heterocycles. The van der Waals surface area contributed by atoms with E-state index in [1.807, 2.05) is 0 Å². The molecule has 0 bridgehead atoms. The van der Waals surface area contributed by atoms with E-state index in [0.717, 1.165) is 18.2 Å². The molecule has 0 unspecified atom stereocenters. The van der Waals surface area contributed by atoms with Crippen molar-refractivity contribution in [2.45, 2.75) is 12.8 Å². The first-order valence-electron chi connectivity index (χ1n) is 5.86. The van der Waals surface area contributed by atoms with Crippen LogP contribution in [-0.4, -0.2) is 5.78 Å². The van der Waals surface area contributed by atoms with Crippen molar-refractivity contribution in [3.8, 4) is 0 Å². The van der Waals surface area contributed by atoms with Gasteiger partial charge < -0.3 is 0 Å². The highest BCUT2D eigenvalue weighted by molar-refractivity contribution is 6.30. The standard InChI is InChI=1S/C15H10ClF3O/c16-13-3-1-2-9(15(13)19)7-12(20)8-10-6-11(17)4-5-14(10)18/h1-6H,7-8H2. The van der Waals surface area contributed by atoms with E-state index in [0.29, 0.717) is 0 Å². The summed E-state index contributed by atoms with van der Waals surface area (Å²) in [5.74, 6) is -2.37. The van der Waals surface area contributed by atoms with Crippen molar-refractivity contribution in [1.82, 2.24) is 0 Å². The van der Waals surface area contributed by atoms with Crippen LogP contribution in [0.1, 0.15) is 11.1 Å². The average Bonchev–Trinajstić information content (AvgIpc) is 2.39. The minimum Gasteiger partial charge on any atom is -0.299 e. The fraction of sp³-hybridized carbons (Fsp3) is 0.133. The van der Waals surface area contributed by atoms with Crippen LogP contribution in [0.25, 0.3) is 0 Å². The molecule has 0 amide bonds. The van der Waals surface area contributed by atoms with E-state index >= 15 is 0 Å².